The third-order valence-electron chi connectivity index (χ3n) is 2.61. The number of halogens is 2. The van der Waals surface area contributed by atoms with Crippen LogP contribution >= 0.6 is 0 Å². The van der Waals surface area contributed by atoms with E-state index in [1.165, 1.54) is 0 Å². The lowest BCUT2D eigenvalue weighted by atomic mass is 10.1. The molecule has 0 bridgehead atoms. The van der Waals surface area contributed by atoms with Crippen molar-refractivity contribution in [3.8, 4) is 11.3 Å². The van der Waals surface area contributed by atoms with E-state index in [9.17, 15) is 8.78 Å². The summed E-state index contributed by atoms with van der Waals surface area (Å²) in [7, 11) is 0. The Hall–Kier alpha value is -1.75. The fourth-order valence-corrected chi connectivity index (χ4v) is 1.70. The average Bonchev–Trinajstić information content (AvgIpc) is 2.80. The SMILES string of the molecule is CC(C)CNCc1cc(-c2cc(F)ccc2F)on1. The predicted molar refractivity (Wildman–Crippen MR) is 68.4 cm³/mol. The van der Waals surface area contributed by atoms with Crippen molar-refractivity contribution in [2.75, 3.05) is 6.54 Å². The molecule has 0 amide bonds. The summed E-state index contributed by atoms with van der Waals surface area (Å²) in [5.41, 5.74) is 0.752. The van der Waals surface area contributed by atoms with Crippen LogP contribution in [0, 0.1) is 17.6 Å². The maximum Gasteiger partial charge on any atom is 0.170 e. The minimum Gasteiger partial charge on any atom is -0.356 e. The summed E-state index contributed by atoms with van der Waals surface area (Å²) >= 11 is 0. The van der Waals surface area contributed by atoms with Crippen LogP contribution in [-0.4, -0.2) is 11.7 Å². The van der Waals surface area contributed by atoms with Crippen LogP contribution in [0.15, 0.2) is 28.8 Å². The Morgan fingerprint density at radius 2 is 2.05 bits per heavy atom. The van der Waals surface area contributed by atoms with Gasteiger partial charge in [-0.25, -0.2) is 8.78 Å². The van der Waals surface area contributed by atoms with Gasteiger partial charge in [0.2, 0.25) is 0 Å². The van der Waals surface area contributed by atoms with Crippen LogP contribution in [0.3, 0.4) is 0 Å². The first-order valence-electron chi connectivity index (χ1n) is 6.18. The van der Waals surface area contributed by atoms with Gasteiger partial charge in [-0.15, -0.1) is 0 Å². The molecule has 0 spiro atoms. The molecular formula is C14H16F2N2O. The molecule has 0 radical (unpaired) electrons. The zero-order chi connectivity index (χ0) is 13.8. The molecule has 1 aromatic heterocycles. The summed E-state index contributed by atoms with van der Waals surface area (Å²) in [5.74, 6) is -0.267. The zero-order valence-electron chi connectivity index (χ0n) is 10.9. The first-order valence-corrected chi connectivity index (χ1v) is 6.18. The summed E-state index contributed by atoms with van der Waals surface area (Å²) in [5, 5.41) is 7.04. The third-order valence-corrected chi connectivity index (χ3v) is 2.61. The van der Waals surface area contributed by atoms with Crippen molar-refractivity contribution < 1.29 is 13.3 Å². The molecule has 1 heterocycles. The summed E-state index contributed by atoms with van der Waals surface area (Å²) in [4.78, 5) is 0. The van der Waals surface area contributed by atoms with Crippen molar-refractivity contribution in [3.63, 3.8) is 0 Å². The predicted octanol–water partition coefficient (Wildman–Crippen LogP) is 3.37. The molecule has 0 atom stereocenters. The van der Waals surface area contributed by atoms with E-state index in [0.29, 0.717) is 18.2 Å². The Kier molecular flexibility index (Phi) is 4.27. The van der Waals surface area contributed by atoms with Gasteiger partial charge in [0.25, 0.3) is 0 Å². The smallest absolute Gasteiger partial charge is 0.170 e. The van der Waals surface area contributed by atoms with Crippen LogP contribution in [0.2, 0.25) is 0 Å². The van der Waals surface area contributed by atoms with Gasteiger partial charge in [0, 0.05) is 12.6 Å². The van der Waals surface area contributed by atoms with Gasteiger partial charge in [0.1, 0.15) is 11.6 Å². The molecule has 2 aromatic rings. The summed E-state index contributed by atoms with van der Waals surface area (Å²) in [6.45, 7) is 5.60. The Morgan fingerprint density at radius 3 is 2.79 bits per heavy atom. The van der Waals surface area contributed by atoms with E-state index >= 15 is 0 Å². The second-order valence-electron chi connectivity index (χ2n) is 4.83. The second-order valence-corrected chi connectivity index (χ2v) is 4.83. The molecule has 0 saturated heterocycles. The summed E-state index contributed by atoms with van der Waals surface area (Å²) in [6, 6.07) is 4.86. The highest BCUT2D eigenvalue weighted by molar-refractivity contribution is 5.58. The maximum absolute atomic E-state index is 13.6. The van der Waals surface area contributed by atoms with Gasteiger partial charge in [0.05, 0.1) is 11.3 Å². The molecule has 0 saturated carbocycles. The number of aromatic nitrogens is 1. The van der Waals surface area contributed by atoms with Gasteiger partial charge < -0.3 is 9.84 Å². The van der Waals surface area contributed by atoms with E-state index in [-0.39, 0.29) is 11.3 Å². The lowest BCUT2D eigenvalue weighted by Crippen LogP contribution is -2.18. The van der Waals surface area contributed by atoms with Crippen molar-refractivity contribution in [2.45, 2.75) is 20.4 Å². The minimum absolute atomic E-state index is 0.0857. The van der Waals surface area contributed by atoms with Crippen molar-refractivity contribution >= 4 is 0 Å². The van der Waals surface area contributed by atoms with E-state index in [2.05, 4.69) is 24.3 Å². The number of hydrogen-bond donors (Lipinski definition) is 1. The molecule has 1 aromatic carbocycles. The number of benzene rings is 1. The lowest BCUT2D eigenvalue weighted by molar-refractivity contribution is 0.415. The van der Waals surface area contributed by atoms with E-state index < -0.39 is 11.6 Å². The Bertz CT molecular complexity index is 552. The third kappa shape index (κ3) is 3.61. The normalized spacial score (nSPS) is 11.2. The molecule has 0 unspecified atom stereocenters. The van der Waals surface area contributed by atoms with Gasteiger partial charge >= 0.3 is 0 Å². The van der Waals surface area contributed by atoms with Crippen molar-refractivity contribution in [2.24, 2.45) is 5.92 Å². The van der Waals surface area contributed by atoms with Crippen LogP contribution in [-0.2, 0) is 6.54 Å². The molecule has 3 nitrogen and oxygen atoms in total. The van der Waals surface area contributed by atoms with Crippen LogP contribution in [0.5, 0.6) is 0 Å². The lowest BCUT2D eigenvalue weighted by Gasteiger charge is -2.04. The molecular weight excluding hydrogens is 250 g/mol. The van der Waals surface area contributed by atoms with E-state index in [1.54, 1.807) is 6.07 Å². The molecule has 2 rings (SSSR count). The highest BCUT2D eigenvalue weighted by Gasteiger charge is 2.12. The average molecular weight is 266 g/mol. The Morgan fingerprint density at radius 1 is 1.26 bits per heavy atom. The molecule has 5 heteroatoms. The standard InChI is InChI=1S/C14H16F2N2O/c1-9(2)7-17-8-11-6-14(19-18-11)12-5-10(15)3-4-13(12)16/h3-6,9,17H,7-8H2,1-2H3. The summed E-state index contributed by atoms with van der Waals surface area (Å²) in [6.07, 6.45) is 0. The maximum atomic E-state index is 13.6. The quantitative estimate of drug-likeness (QED) is 0.901. The molecule has 1 N–H and O–H groups in total. The van der Waals surface area contributed by atoms with Gasteiger partial charge in [-0.05, 0) is 30.7 Å². The van der Waals surface area contributed by atoms with Crippen LogP contribution in [0.1, 0.15) is 19.5 Å². The topological polar surface area (TPSA) is 38.1 Å². The molecule has 0 aliphatic rings. The number of rotatable bonds is 5. The van der Waals surface area contributed by atoms with Gasteiger partial charge in [0.15, 0.2) is 5.76 Å². The second kappa shape index (κ2) is 5.93. The fraction of sp³-hybridized carbons (Fsp3) is 0.357. The monoisotopic (exact) mass is 266 g/mol. The van der Waals surface area contributed by atoms with Crippen LogP contribution in [0.4, 0.5) is 8.78 Å². The molecule has 0 aliphatic carbocycles. The zero-order valence-corrected chi connectivity index (χ0v) is 10.9. The van der Waals surface area contributed by atoms with E-state index in [4.69, 9.17) is 4.52 Å². The van der Waals surface area contributed by atoms with Gasteiger partial charge in [-0.2, -0.15) is 0 Å². The van der Waals surface area contributed by atoms with Crippen LogP contribution in [0.25, 0.3) is 11.3 Å². The largest absolute Gasteiger partial charge is 0.356 e. The van der Waals surface area contributed by atoms with Crippen molar-refractivity contribution in [1.82, 2.24) is 10.5 Å². The van der Waals surface area contributed by atoms with Crippen LogP contribution < -0.4 is 5.32 Å². The van der Waals surface area contributed by atoms with E-state index in [1.807, 2.05) is 0 Å². The van der Waals surface area contributed by atoms with Crippen molar-refractivity contribution in [3.05, 3.63) is 41.6 Å². The van der Waals surface area contributed by atoms with Crippen molar-refractivity contribution in [1.29, 1.82) is 0 Å². The first kappa shape index (κ1) is 13.7. The molecule has 0 aliphatic heterocycles. The number of nitrogens with one attached hydrogen (secondary N) is 1. The molecule has 102 valence electrons. The fourth-order valence-electron chi connectivity index (χ4n) is 1.70. The Balaban J connectivity index is 2.10. The van der Waals surface area contributed by atoms with Gasteiger partial charge in [-0.3, -0.25) is 0 Å². The molecule has 0 fully saturated rings. The van der Waals surface area contributed by atoms with E-state index in [0.717, 1.165) is 24.7 Å². The highest BCUT2D eigenvalue weighted by atomic mass is 19.1. The molecule has 19 heavy (non-hydrogen) atoms. The van der Waals surface area contributed by atoms with Gasteiger partial charge in [-0.1, -0.05) is 19.0 Å². The highest BCUT2D eigenvalue weighted by Crippen LogP contribution is 2.24. The first-order chi connectivity index (χ1) is 9.06. The number of nitrogens with zero attached hydrogens (tertiary/aromatic N) is 1. The minimum atomic E-state index is -0.528. The number of hydrogen-bond acceptors (Lipinski definition) is 3. The summed E-state index contributed by atoms with van der Waals surface area (Å²) < 4.78 is 31.7. The Labute approximate surface area is 110 Å².